The van der Waals surface area contributed by atoms with Crippen LogP contribution in [0.2, 0.25) is 0 Å². The van der Waals surface area contributed by atoms with Crippen LogP contribution in [-0.4, -0.2) is 35.1 Å². The molecule has 0 atom stereocenters. The molecule has 0 bridgehead atoms. The van der Waals surface area contributed by atoms with Gasteiger partial charge in [-0.15, -0.1) is 0 Å². The molecule has 0 radical (unpaired) electrons. The van der Waals surface area contributed by atoms with Gasteiger partial charge in [0.1, 0.15) is 5.69 Å². The minimum atomic E-state index is -0.120. The van der Waals surface area contributed by atoms with Crippen molar-refractivity contribution in [3.63, 3.8) is 0 Å². The van der Waals surface area contributed by atoms with Gasteiger partial charge in [-0.2, -0.15) is 5.10 Å². The van der Waals surface area contributed by atoms with Gasteiger partial charge in [-0.05, 0) is 36.1 Å². The molecule has 0 aliphatic heterocycles. The second-order valence-electron chi connectivity index (χ2n) is 6.48. The van der Waals surface area contributed by atoms with E-state index in [4.69, 9.17) is 0 Å². The van der Waals surface area contributed by atoms with E-state index in [1.165, 1.54) is 12.5 Å². The fraction of sp³-hybridized carbons (Fsp3) is 0.250. The second-order valence-corrected chi connectivity index (χ2v) is 6.48. The molecule has 0 fully saturated rings. The van der Waals surface area contributed by atoms with Crippen molar-refractivity contribution in [2.75, 3.05) is 13.1 Å². The first-order chi connectivity index (χ1) is 12.6. The van der Waals surface area contributed by atoms with Gasteiger partial charge in [-0.3, -0.25) is 14.7 Å². The number of nitrogens with one attached hydrogen (secondary N) is 3. The van der Waals surface area contributed by atoms with Gasteiger partial charge in [-0.1, -0.05) is 24.3 Å². The third-order valence-corrected chi connectivity index (χ3v) is 4.78. The molecular formula is C20H20N4O2. The number of aromatic amines is 1. The number of carbonyl (C=O) groups is 2. The van der Waals surface area contributed by atoms with Crippen LogP contribution in [0.25, 0.3) is 22.2 Å². The molecule has 1 heterocycles. The van der Waals surface area contributed by atoms with E-state index in [-0.39, 0.29) is 11.8 Å². The van der Waals surface area contributed by atoms with Gasteiger partial charge in [0.25, 0.3) is 5.91 Å². The molecule has 2 aromatic carbocycles. The van der Waals surface area contributed by atoms with Gasteiger partial charge in [0.15, 0.2) is 0 Å². The van der Waals surface area contributed by atoms with E-state index in [0.717, 1.165) is 40.6 Å². The van der Waals surface area contributed by atoms with Gasteiger partial charge in [0, 0.05) is 36.5 Å². The summed E-state index contributed by atoms with van der Waals surface area (Å²) in [5.74, 6) is -0.224. The Kier molecular flexibility index (Phi) is 4.16. The summed E-state index contributed by atoms with van der Waals surface area (Å²) in [4.78, 5) is 23.6. The average molecular weight is 348 g/mol. The highest BCUT2D eigenvalue weighted by atomic mass is 16.2. The van der Waals surface area contributed by atoms with Crippen LogP contribution in [0.4, 0.5) is 0 Å². The van der Waals surface area contributed by atoms with E-state index in [1.807, 2.05) is 24.3 Å². The summed E-state index contributed by atoms with van der Waals surface area (Å²) in [6.07, 6.45) is 1.66. The predicted molar refractivity (Wildman–Crippen MR) is 100.0 cm³/mol. The number of rotatable bonds is 4. The minimum absolute atomic E-state index is 0.104. The lowest BCUT2D eigenvalue weighted by molar-refractivity contribution is -0.118. The van der Waals surface area contributed by atoms with Crippen molar-refractivity contribution >= 4 is 22.7 Å². The highest BCUT2D eigenvalue weighted by molar-refractivity contribution is 6.05. The predicted octanol–water partition coefficient (Wildman–Crippen LogP) is 2.19. The van der Waals surface area contributed by atoms with Crippen LogP contribution in [0, 0.1) is 0 Å². The zero-order valence-corrected chi connectivity index (χ0v) is 14.6. The van der Waals surface area contributed by atoms with Gasteiger partial charge in [0.2, 0.25) is 5.91 Å². The molecule has 1 aromatic heterocycles. The molecule has 6 nitrogen and oxygen atoms in total. The van der Waals surface area contributed by atoms with Crippen LogP contribution < -0.4 is 10.6 Å². The molecule has 4 rings (SSSR count). The Morgan fingerprint density at radius 2 is 1.88 bits per heavy atom. The number of nitrogens with zero attached hydrogens (tertiary/aromatic N) is 1. The van der Waals surface area contributed by atoms with Gasteiger partial charge in [-0.25, -0.2) is 0 Å². The molecule has 6 heteroatoms. The number of aromatic nitrogens is 2. The molecular weight excluding hydrogens is 328 g/mol. The first-order valence-electron chi connectivity index (χ1n) is 8.76. The number of hydrogen-bond donors (Lipinski definition) is 3. The first-order valence-corrected chi connectivity index (χ1v) is 8.76. The Bertz CT molecular complexity index is 1010. The van der Waals surface area contributed by atoms with Crippen molar-refractivity contribution in [2.24, 2.45) is 0 Å². The maximum atomic E-state index is 12.7. The Morgan fingerprint density at radius 1 is 1.08 bits per heavy atom. The summed E-state index contributed by atoms with van der Waals surface area (Å²) in [7, 11) is 0. The van der Waals surface area contributed by atoms with E-state index < -0.39 is 0 Å². The SMILES string of the molecule is CC(=O)NCCNC(=O)c1ccc2[nH]nc3c2c1CCc1ccccc1-3. The third kappa shape index (κ3) is 2.83. The van der Waals surface area contributed by atoms with E-state index in [0.29, 0.717) is 18.7 Å². The van der Waals surface area contributed by atoms with E-state index in [2.05, 4.69) is 33.0 Å². The Hall–Kier alpha value is -3.15. The molecule has 26 heavy (non-hydrogen) atoms. The number of fused-ring (bicyclic) bond motifs is 2. The Balaban J connectivity index is 1.69. The number of carbonyl (C=O) groups excluding carboxylic acids is 2. The normalized spacial score (nSPS) is 12.3. The van der Waals surface area contributed by atoms with Crippen molar-refractivity contribution in [3.05, 3.63) is 53.1 Å². The number of hydrogen-bond acceptors (Lipinski definition) is 3. The maximum absolute atomic E-state index is 12.7. The van der Waals surface area contributed by atoms with Crippen LogP contribution >= 0.6 is 0 Å². The van der Waals surface area contributed by atoms with Crippen molar-refractivity contribution < 1.29 is 9.59 Å². The van der Waals surface area contributed by atoms with E-state index in [9.17, 15) is 9.59 Å². The van der Waals surface area contributed by atoms with E-state index >= 15 is 0 Å². The molecule has 3 aromatic rings. The van der Waals surface area contributed by atoms with Crippen molar-refractivity contribution in [1.29, 1.82) is 0 Å². The molecule has 1 aliphatic rings. The Morgan fingerprint density at radius 3 is 2.73 bits per heavy atom. The molecule has 2 amide bonds. The monoisotopic (exact) mass is 348 g/mol. The lowest BCUT2D eigenvalue weighted by Gasteiger charge is -2.11. The zero-order valence-electron chi connectivity index (χ0n) is 14.6. The fourth-order valence-electron chi connectivity index (χ4n) is 3.59. The van der Waals surface area contributed by atoms with Crippen LogP contribution in [0.15, 0.2) is 36.4 Å². The summed E-state index contributed by atoms with van der Waals surface area (Å²) >= 11 is 0. The van der Waals surface area contributed by atoms with Crippen LogP contribution in [0.5, 0.6) is 0 Å². The second kappa shape index (κ2) is 6.63. The molecule has 1 aliphatic carbocycles. The molecule has 3 N–H and O–H groups in total. The lowest BCUT2D eigenvalue weighted by atomic mass is 9.98. The van der Waals surface area contributed by atoms with E-state index in [1.54, 1.807) is 0 Å². The lowest BCUT2D eigenvalue weighted by Crippen LogP contribution is -2.34. The number of aryl methyl sites for hydroxylation is 2. The molecule has 0 unspecified atom stereocenters. The van der Waals surface area contributed by atoms with Crippen molar-refractivity contribution in [3.8, 4) is 11.3 Å². The minimum Gasteiger partial charge on any atom is -0.355 e. The highest BCUT2D eigenvalue weighted by Crippen LogP contribution is 2.36. The smallest absolute Gasteiger partial charge is 0.251 e. The Labute approximate surface area is 151 Å². The summed E-state index contributed by atoms with van der Waals surface area (Å²) in [6.45, 7) is 2.27. The summed E-state index contributed by atoms with van der Waals surface area (Å²) in [5, 5.41) is 14.2. The maximum Gasteiger partial charge on any atom is 0.251 e. The highest BCUT2D eigenvalue weighted by Gasteiger charge is 2.23. The number of amides is 2. The average Bonchev–Trinajstić information content (AvgIpc) is 2.99. The van der Waals surface area contributed by atoms with Crippen LogP contribution in [-0.2, 0) is 17.6 Å². The molecule has 132 valence electrons. The third-order valence-electron chi connectivity index (χ3n) is 4.78. The van der Waals surface area contributed by atoms with Crippen LogP contribution in [0.3, 0.4) is 0 Å². The quantitative estimate of drug-likeness (QED) is 0.632. The standard InChI is InChI=1S/C20H20N4O2/c1-12(25)21-10-11-22-20(26)16-8-9-17-18-15(16)7-6-13-4-2-3-5-14(13)19(18)24-23-17/h2-5,8-9H,6-7,10-11H2,1H3,(H,21,25)(H,22,26)(H,23,24). The fourth-order valence-corrected chi connectivity index (χ4v) is 3.59. The zero-order chi connectivity index (χ0) is 18.1. The van der Waals surface area contributed by atoms with Crippen molar-refractivity contribution in [1.82, 2.24) is 20.8 Å². The number of H-pyrrole nitrogens is 1. The summed E-state index contributed by atoms with van der Waals surface area (Å²) < 4.78 is 0. The topological polar surface area (TPSA) is 86.9 Å². The largest absolute Gasteiger partial charge is 0.355 e. The van der Waals surface area contributed by atoms with Gasteiger partial charge in [0.05, 0.1) is 5.52 Å². The first kappa shape index (κ1) is 16.3. The van der Waals surface area contributed by atoms with Gasteiger partial charge >= 0.3 is 0 Å². The molecule has 0 spiro atoms. The van der Waals surface area contributed by atoms with Gasteiger partial charge < -0.3 is 10.6 Å². The molecule has 0 saturated heterocycles. The summed E-state index contributed by atoms with van der Waals surface area (Å²) in [5.41, 5.74) is 5.93. The number of benzene rings is 2. The molecule has 0 saturated carbocycles. The van der Waals surface area contributed by atoms with Crippen LogP contribution in [0.1, 0.15) is 28.4 Å². The summed E-state index contributed by atoms with van der Waals surface area (Å²) in [6, 6.07) is 12.0. The van der Waals surface area contributed by atoms with Crippen molar-refractivity contribution in [2.45, 2.75) is 19.8 Å².